The van der Waals surface area contributed by atoms with Crippen LogP contribution >= 0.6 is 11.3 Å². The third kappa shape index (κ3) is 4.27. The van der Waals surface area contributed by atoms with Gasteiger partial charge in [-0.1, -0.05) is 18.2 Å². The van der Waals surface area contributed by atoms with E-state index in [9.17, 15) is 18.0 Å². The van der Waals surface area contributed by atoms with Crippen LogP contribution in [0, 0.1) is 6.92 Å². The highest BCUT2D eigenvalue weighted by molar-refractivity contribution is 7.20. The van der Waals surface area contributed by atoms with Gasteiger partial charge < -0.3 is 10.2 Å². The summed E-state index contributed by atoms with van der Waals surface area (Å²) in [7, 11) is 0. The van der Waals surface area contributed by atoms with E-state index in [-0.39, 0.29) is 5.69 Å². The lowest BCUT2D eigenvalue weighted by molar-refractivity contribution is -0.137. The van der Waals surface area contributed by atoms with E-state index in [1.807, 2.05) is 42.2 Å². The Labute approximate surface area is 198 Å². The molecule has 0 bridgehead atoms. The maximum absolute atomic E-state index is 13.4. The molecule has 3 heterocycles. The molecule has 5 rings (SSSR count). The summed E-state index contributed by atoms with van der Waals surface area (Å²) in [5.41, 5.74) is 1.67. The van der Waals surface area contributed by atoms with Crippen LogP contribution in [0.2, 0.25) is 0 Å². The van der Waals surface area contributed by atoms with Crippen molar-refractivity contribution in [3.8, 4) is 5.69 Å². The van der Waals surface area contributed by atoms with Crippen molar-refractivity contribution in [1.82, 2.24) is 9.78 Å². The molecule has 1 N–H and O–H groups in total. The second-order valence-electron chi connectivity index (χ2n) is 8.39. The van der Waals surface area contributed by atoms with Crippen molar-refractivity contribution >= 4 is 38.8 Å². The predicted octanol–water partition coefficient (Wildman–Crippen LogP) is 6.66. The molecule has 0 aliphatic carbocycles. The molecule has 2 aromatic heterocycles. The third-order valence-electron chi connectivity index (χ3n) is 6.04. The summed E-state index contributed by atoms with van der Waals surface area (Å²) < 4.78 is 42.0. The number of aromatic nitrogens is 2. The highest BCUT2D eigenvalue weighted by Crippen LogP contribution is 2.37. The molecule has 34 heavy (non-hydrogen) atoms. The van der Waals surface area contributed by atoms with E-state index in [0.29, 0.717) is 10.6 Å². The largest absolute Gasteiger partial charge is 0.416 e. The molecular formula is C25H23F3N4OS. The smallest absolute Gasteiger partial charge is 0.370 e. The van der Waals surface area contributed by atoms with Crippen LogP contribution in [0.5, 0.6) is 0 Å². The van der Waals surface area contributed by atoms with Gasteiger partial charge in [0.05, 0.1) is 33.2 Å². The first-order valence-corrected chi connectivity index (χ1v) is 11.9. The van der Waals surface area contributed by atoms with E-state index < -0.39 is 17.6 Å². The number of benzene rings is 2. The van der Waals surface area contributed by atoms with Crippen LogP contribution in [0.4, 0.5) is 24.5 Å². The standard InChI is InChI=1S/C25H23F3N4OS/c1-16-19-15-22(34-24(19)32(30-16)18-8-4-2-5-9-18)23(33)29-20-14-17(25(26,27)28)10-11-21(20)31-12-6-3-7-13-31/h2,4-5,8-11,14-15H,3,6-7,12-13H2,1H3,(H,29,33). The second kappa shape index (κ2) is 8.79. The zero-order valence-electron chi connectivity index (χ0n) is 18.5. The first-order chi connectivity index (χ1) is 16.3. The number of fused-ring (bicyclic) bond motifs is 1. The van der Waals surface area contributed by atoms with Gasteiger partial charge in [-0.05, 0) is 62.6 Å². The third-order valence-corrected chi connectivity index (χ3v) is 7.15. The molecule has 0 unspecified atom stereocenters. The lowest BCUT2D eigenvalue weighted by Gasteiger charge is -2.31. The van der Waals surface area contributed by atoms with Crippen LogP contribution in [0.1, 0.15) is 40.2 Å². The summed E-state index contributed by atoms with van der Waals surface area (Å²) in [5.74, 6) is -0.433. The number of carbonyl (C=O) groups is 1. The van der Waals surface area contributed by atoms with E-state index >= 15 is 0 Å². The molecule has 176 valence electrons. The fraction of sp³-hybridized carbons (Fsp3) is 0.280. The molecule has 1 saturated heterocycles. The number of halogens is 3. The van der Waals surface area contributed by atoms with Gasteiger partial charge in [-0.2, -0.15) is 18.3 Å². The van der Waals surface area contributed by atoms with Crippen molar-refractivity contribution in [3.63, 3.8) is 0 Å². The number of piperidine rings is 1. The molecule has 1 aliphatic rings. The van der Waals surface area contributed by atoms with Crippen LogP contribution < -0.4 is 10.2 Å². The molecule has 1 fully saturated rings. The average Bonchev–Trinajstić information content (AvgIpc) is 3.40. The zero-order valence-corrected chi connectivity index (χ0v) is 19.3. The Morgan fingerprint density at radius 3 is 2.47 bits per heavy atom. The molecule has 2 aromatic carbocycles. The highest BCUT2D eigenvalue weighted by Gasteiger charge is 2.32. The van der Waals surface area contributed by atoms with E-state index in [2.05, 4.69) is 10.4 Å². The number of hydrogen-bond acceptors (Lipinski definition) is 4. The maximum Gasteiger partial charge on any atom is 0.416 e. The molecule has 4 aromatic rings. The van der Waals surface area contributed by atoms with Crippen LogP contribution in [0.3, 0.4) is 0 Å². The number of hydrogen-bond donors (Lipinski definition) is 1. The molecular weight excluding hydrogens is 461 g/mol. The number of para-hydroxylation sites is 1. The molecule has 0 atom stereocenters. The Kier molecular flexibility index (Phi) is 5.81. The van der Waals surface area contributed by atoms with E-state index in [1.54, 1.807) is 10.7 Å². The van der Waals surface area contributed by atoms with Gasteiger partial charge in [-0.3, -0.25) is 4.79 Å². The van der Waals surface area contributed by atoms with Gasteiger partial charge in [0.1, 0.15) is 4.83 Å². The maximum atomic E-state index is 13.4. The normalized spacial score (nSPS) is 14.5. The molecule has 1 amide bonds. The Balaban J connectivity index is 1.50. The van der Waals surface area contributed by atoms with Gasteiger partial charge in [-0.25, -0.2) is 4.68 Å². The van der Waals surface area contributed by atoms with Gasteiger partial charge in [0, 0.05) is 18.5 Å². The second-order valence-corrected chi connectivity index (χ2v) is 9.42. The summed E-state index contributed by atoms with van der Waals surface area (Å²) in [6.45, 7) is 3.38. The predicted molar refractivity (Wildman–Crippen MR) is 129 cm³/mol. The van der Waals surface area contributed by atoms with Gasteiger partial charge in [0.25, 0.3) is 5.91 Å². The monoisotopic (exact) mass is 484 g/mol. The molecule has 5 nitrogen and oxygen atoms in total. The summed E-state index contributed by atoms with van der Waals surface area (Å²) in [5, 5.41) is 8.19. The number of amides is 1. The number of alkyl halides is 3. The van der Waals surface area contributed by atoms with E-state index in [1.165, 1.54) is 17.4 Å². The van der Waals surface area contributed by atoms with Gasteiger partial charge in [-0.15, -0.1) is 11.3 Å². The number of aryl methyl sites for hydroxylation is 1. The van der Waals surface area contributed by atoms with Crippen molar-refractivity contribution in [2.75, 3.05) is 23.3 Å². The van der Waals surface area contributed by atoms with Crippen molar-refractivity contribution in [3.05, 3.63) is 70.7 Å². The number of nitrogens with one attached hydrogen (secondary N) is 1. The van der Waals surface area contributed by atoms with Crippen molar-refractivity contribution in [1.29, 1.82) is 0 Å². The van der Waals surface area contributed by atoms with Crippen LogP contribution in [0.25, 0.3) is 15.9 Å². The van der Waals surface area contributed by atoms with Crippen molar-refractivity contribution < 1.29 is 18.0 Å². The molecule has 9 heteroatoms. The summed E-state index contributed by atoms with van der Waals surface area (Å²) in [6, 6.07) is 14.9. The lowest BCUT2D eigenvalue weighted by atomic mass is 10.1. The van der Waals surface area contributed by atoms with Gasteiger partial charge in [0.15, 0.2) is 0 Å². The van der Waals surface area contributed by atoms with Crippen LogP contribution in [-0.2, 0) is 6.18 Å². The van der Waals surface area contributed by atoms with Gasteiger partial charge >= 0.3 is 6.18 Å². The minimum absolute atomic E-state index is 0.181. The Morgan fingerprint density at radius 2 is 1.76 bits per heavy atom. The SMILES string of the molecule is Cc1nn(-c2ccccc2)c2sc(C(=O)Nc3cc(C(F)(F)F)ccc3N3CCCCC3)cc12. The number of nitrogens with zero attached hydrogens (tertiary/aromatic N) is 3. The highest BCUT2D eigenvalue weighted by atomic mass is 32.1. The quantitative estimate of drug-likeness (QED) is 0.353. The number of thiophene rings is 1. The first kappa shape index (κ1) is 22.5. The van der Waals surface area contributed by atoms with E-state index in [4.69, 9.17) is 0 Å². The molecule has 1 aliphatic heterocycles. The van der Waals surface area contributed by atoms with E-state index in [0.717, 1.165) is 66.1 Å². The topological polar surface area (TPSA) is 50.2 Å². The van der Waals surface area contributed by atoms with Crippen LogP contribution in [-0.4, -0.2) is 28.8 Å². The average molecular weight is 485 g/mol. The first-order valence-electron chi connectivity index (χ1n) is 11.1. The fourth-order valence-electron chi connectivity index (χ4n) is 4.31. The Hall–Kier alpha value is -3.33. The minimum Gasteiger partial charge on any atom is -0.370 e. The number of rotatable bonds is 4. The molecule has 0 saturated carbocycles. The Morgan fingerprint density at radius 1 is 1.03 bits per heavy atom. The Bertz CT molecular complexity index is 1340. The lowest BCUT2D eigenvalue weighted by Crippen LogP contribution is -2.30. The van der Waals surface area contributed by atoms with Gasteiger partial charge in [0.2, 0.25) is 0 Å². The summed E-state index contributed by atoms with van der Waals surface area (Å²) in [4.78, 5) is 16.5. The molecule has 0 radical (unpaired) electrons. The number of anilines is 2. The fourth-order valence-corrected chi connectivity index (χ4v) is 5.39. The van der Waals surface area contributed by atoms with Crippen LogP contribution in [0.15, 0.2) is 54.6 Å². The molecule has 0 spiro atoms. The van der Waals surface area contributed by atoms with Crippen molar-refractivity contribution in [2.24, 2.45) is 0 Å². The van der Waals surface area contributed by atoms with Crippen molar-refractivity contribution in [2.45, 2.75) is 32.4 Å². The minimum atomic E-state index is -4.49. The zero-order chi connectivity index (χ0) is 23.9. The summed E-state index contributed by atoms with van der Waals surface area (Å²) >= 11 is 1.27. The summed E-state index contributed by atoms with van der Waals surface area (Å²) in [6.07, 6.45) is -1.45. The number of carbonyl (C=O) groups excluding carboxylic acids is 1.